The van der Waals surface area contributed by atoms with Crippen LogP contribution in [-0.2, 0) is 24.1 Å². The molecule has 0 saturated heterocycles. The molecule has 5 nitrogen and oxygen atoms in total. The Labute approximate surface area is 207 Å². The first kappa shape index (κ1) is 26.0. The van der Waals surface area contributed by atoms with E-state index in [1.807, 2.05) is 73.7 Å². The second-order valence-corrected chi connectivity index (χ2v) is 8.62. The van der Waals surface area contributed by atoms with Crippen molar-refractivity contribution in [2.45, 2.75) is 59.0 Å². The Morgan fingerprint density at radius 3 is 2.37 bits per heavy atom. The third-order valence-electron chi connectivity index (χ3n) is 6.02. The molecule has 0 aromatic heterocycles. The third-order valence-corrected chi connectivity index (χ3v) is 6.02. The molecule has 0 saturated carbocycles. The van der Waals surface area contributed by atoms with Gasteiger partial charge in [-0.25, -0.2) is 0 Å². The van der Waals surface area contributed by atoms with Crippen molar-refractivity contribution >= 4 is 11.8 Å². The molecule has 0 heterocycles. The molecule has 1 N–H and O–H groups in total. The van der Waals surface area contributed by atoms with Gasteiger partial charge in [0.1, 0.15) is 11.5 Å². The lowest BCUT2D eigenvalue weighted by Crippen LogP contribution is -2.18. The van der Waals surface area contributed by atoms with Gasteiger partial charge in [0.25, 0.3) is 0 Å². The van der Waals surface area contributed by atoms with Crippen LogP contribution in [0, 0.1) is 0 Å². The van der Waals surface area contributed by atoms with E-state index in [2.05, 4.69) is 13.8 Å². The van der Waals surface area contributed by atoms with Crippen LogP contribution in [0.3, 0.4) is 0 Å². The summed E-state index contributed by atoms with van der Waals surface area (Å²) < 4.78 is 12.1. The number of carboxylic acid groups (broad SMARTS) is 1. The fourth-order valence-corrected chi connectivity index (χ4v) is 3.95. The van der Waals surface area contributed by atoms with Crippen molar-refractivity contribution in [3.05, 3.63) is 94.5 Å². The van der Waals surface area contributed by atoms with Gasteiger partial charge in [-0.3, -0.25) is 9.59 Å². The van der Waals surface area contributed by atoms with E-state index in [0.717, 1.165) is 35.3 Å². The summed E-state index contributed by atoms with van der Waals surface area (Å²) in [6, 6.07) is 20.9. The molecule has 184 valence electrons. The molecule has 0 unspecified atom stereocenters. The first-order valence-corrected chi connectivity index (χ1v) is 12.3. The quantitative estimate of drug-likeness (QED) is 0.295. The van der Waals surface area contributed by atoms with Crippen molar-refractivity contribution in [3.8, 4) is 11.5 Å². The van der Waals surface area contributed by atoms with Gasteiger partial charge < -0.3 is 14.6 Å². The summed E-state index contributed by atoms with van der Waals surface area (Å²) in [6.07, 6.45) is 2.80. The SMILES string of the molecule is CCc1ccc(O[C@H](C)CCOc2ccc(CCC(=O)O)c(CC)c2)c(C(=O)c2ccccc2)c1. The number of aliphatic carboxylic acids is 1. The zero-order valence-corrected chi connectivity index (χ0v) is 20.8. The number of carbonyl (C=O) groups is 2. The normalized spacial score (nSPS) is 11.6. The Bertz CT molecular complexity index is 1140. The van der Waals surface area contributed by atoms with E-state index in [0.29, 0.717) is 36.3 Å². The number of hydrogen-bond donors (Lipinski definition) is 1. The third kappa shape index (κ3) is 7.44. The predicted molar refractivity (Wildman–Crippen MR) is 138 cm³/mol. The molecule has 0 spiro atoms. The first-order chi connectivity index (χ1) is 16.9. The van der Waals surface area contributed by atoms with Crippen LogP contribution in [0.25, 0.3) is 0 Å². The van der Waals surface area contributed by atoms with Gasteiger partial charge in [0, 0.05) is 18.4 Å². The van der Waals surface area contributed by atoms with Gasteiger partial charge in [-0.1, -0.05) is 56.3 Å². The van der Waals surface area contributed by atoms with Crippen LogP contribution < -0.4 is 9.47 Å². The fraction of sp³-hybridized carbons (Fsp3) is 0.333. The lowest BCUT2D eigenvalue weighted by molar-refractivity contribution is -0.136. The highest BCUT2D eigenvalue weighted by Crippen LogP contribution is 2.26. The van der Waals surface area contributed by atoms with E-state index in [4.69, 9.17) is 14.6 Å². The van der Waals surface area contributed by atoms with Gasteiger partial charge in [-0.15, -0.1) is 0 Å². The molecule has 0 aliphatic rings. The van der Waals surface area contributed by atoms with Gasteiger partial charge in [-0.05, 0) is 67.1 Å². The molecule has 0 amide bonds. The number of ether oxygens (including phenoxy) is 2. The van der Waals surface area contributed by atoms with Gasteiger partial charge in [0.05, 0.1) is 18.3 Å². The van der Waals surface area contributed by atoms with Crippen molar-refractivity contribution in [2.24, 2.45) is 0 Å². The predicted octanol–water partition coefficient (Wildman–Crippen LogP) is 6.30. The monoisotopic (exact) mass is 474 g/mol. The highest BCUT2D eigenvalue weighted by molar-refractivity contribution is 6.10. The molecule has 0 aliphatic heterocycles. The van der Waals surface area contributed by atoms with Gasteiger partial charge in [0.15, 0.2) is 5.78 Å². The van der Waals surface area contributed by atoms with Crippen LogP contribution in [0.4, 0.5) is 0 Å². The Balaban J connectivity index is 1.62. The van der Waals surface area contributed by atoms with Crippen molar-refractivity contribution in [2.75, 3.05) is 6.61 Å². The zero-order chi connectivity index (χ0) is 25.2. The van der Waals surface area contributed by atoms with E-state index in [9.17, 15) is 9.59 Å². The van der Waals surface area contributed by atoms with E-state index in [1.54, 1.807) is 0 Å². The van der Waals surface area contributed by atoms with Crippen LogP contribution in [0.1, 0.15) is 66.2 Å². The molecule has 0 aliphatic carbocycles. The second kappa shape index (κ2) is 12.7. The van der Waals surface area contributed by atoms with Crippen LogP contribution in [0.15, 0.2) is 66.7 Å². The van der Waals surface area contributed by atoms with Crippen molar-refractivity contribution < 1.29 is 24.2 Å². The zero-order valence-electron chi connectivity index (χ0n) is 20.8. The molecule has 0 bridgehead atoms. The summed E-state index contributed by atoms with van der Waals surface area (Å²) in [5.41, 5.74) is 4.46. The minimum atomic E-state index is -0.792. The Kier molecular flexibility index (Phi) is 9.47. The lowest BCUT2D eigenvalue weighted by Gasteiger charge is -2.18. The van der Waals surface area contributed by atoms with Crippen LogP contribution in [0.5, 0.6) is 11.5 Å². The molecular formula is C30H34O5. The molecule has 3 aromatic carbocycles. The standard InChI is InChI=1S/C30H34O5/c1-4-22-11-15-28(27(19-22)30(33)25-9-7-6-8-10-25)35-21(3)17-18-34-26-14-12-24(13-16-29(31)32)23(5-2)20-26/h6-12,14-15,19-21H,4-5,13,16-18H2,1-3H3,(H,31,32)/t21-/m1/s1. The molecule has 1 atom stereocenters. The number of aryl methyl sites for hydroxylation is 3. The molecule has 0 radical (unpaired) electrons. The summed E-state index contributed by atoms with van der Waals surface area (Å²) in [7, 11) is 0. The maximum Gasteiger partial charge on any atom is 0.303 e. The number of benzene rings is 3. The Hall–Kier alpha value is -3.60. The second-order valence-electron chi connectivity index (χ2n) is 8.62. The van der Waals surface area contributed by atoms with E-state index in [-0.39, 0.29) is 18.3 Å². The minimum Gasteiger partial charge on any atom is -0.493 e. The number of rotatable bonds is 13. The maximum atomic E-state index is 13.2. The number of carbonyl (C=O) groups excluding carboxylic acids is 1. The summed E-state index contributed by atoms with van der Waals surface area (Å²) >= 11 is 0. The van der Waals surface area contributed by atoms with Crippen LogP contribution >= 0.6 is 0 Å². The van der Waals surface area contributed by atoms with E-state index < -0.39 is 5.97 Å². The number of carboxylic acids is 1. The van der Waals surface area contributed by atoms with Gasteiger partial charge >= 0.3 is 5.97 Å². The fourth-order valence-electron chi connectivity index (χ4n) is 3.95. The molecule has 3 aromatic rings. The van der Waals surface area contributed by atoms with Gasteiger partial charge in [0.2, 0.25) is 0 Å². The number of ketones is 1. The summed E-state index contributed by atoms with van der Waals surface area (Å²) in [5, 5.41) is 8.94. The smallest absolute Gasteiger partial charge is 0.303 e. The molecule has 0 fully saturated rings. The summed E-state index contributed by atoms with van der Waals surface area (Å²) in [6.45, 7) is 6.56. The number of hydrogen-bond acceptors (Lipinski definition) is 4. The highest BCUT2D eigenvalue weighted by atomic mass is 16.5. The van der Waals surface area contributed by atoms with Gasteiger partial charge in [-0.2, -0.15) is 0 Å². The maximum absolute atomic E-state index is 13.2. The van der Waals surface area contributed by atoms with E-state index in [1.165, 1.54) is 0 Å². The average Bonchev–Trinajstić information content (AvgIpc) is 2.88. The average molecular weight is 475 g/mol. The first-order valence-electron chi connectivity index (χ1n) is 12.3. The largest absolute Gasteiger partial charge is 0.493 e. The molecule has 5 heteroatoms. The Morgan fingerprint density at radius 2 is 1.69 bits per heavy atom. The summed E-state index contributed by atoms with van der Waals surface area (Å²) in [5.74, 6) is 0.508. The van der Waals surface area contributed by atoms with Crippen LogP contribution in [-0.4, -0.2) is 29.6 Å². The highest BCUT2D eigenvalue weighted by Gasteiger charge is 2.17. The van der Waals surface area contributed by atoms with Crippen molar-refractivity contribution in [1.29, 1.82) is 0 Å². The van der Waals surface area contributed by atoms with Crippen molar-refractivity contribution in [1.82, 2.24) is 0 Å². The molecule has 3 rings (SSSR count). The van der Waals surface area contributed by atoms with Crippen molar-refractivity contribution in [3.63, 3.8) is 0 Å². The van der Waals surface area contributed by atoms with Crippen LogP contribution in [0.2, 0.25) is 0 Å². The summed E-state index contributed by atoms with van der Waals surface area (Å²) in [4.78, 5) is 24.0. The molecule has 35 heavy (non-hydrogen) atoms. The lowest BCUT2D eigenvalue weighted by atomic mass is 9.99. The topological polar surface area (TPSA) is 72.8 Å². The molecular weight excluding hydrogens is 440 g/mol. The minimum absolute atomic E-state index is 0.0468. The Morgan fingerprint density at radius 1 is 0.914 bits per heavy atom. The van der Waals surface area contributed by atoms with E-state index >= 15 is 0 Å².